The van der Waals surface area contributed by atoms with E-state index in [1.165, 1.54) is 6.08 Å². The van der Waals surface area contributed by atoms with E-state index < -0.39 is 21.2 Å². The average Bonchev–Trinajstić information content (AvgIpc) is 3.68. The zero-order valence-electron chi connectivity index (χ0n) is 20.0. The van der Waals surface area contributed by atoms with Crippen LogP contribution >= 0.6 is 11.8 Å². The third kappa shape index (κ3) is 4.91. The summed E-state index contributed by atoms with van der Waals surface area (Å²) in [6.07, 6.45) is 3.08. The van der Waals surface area contributed by atoms with E-state index in [-0.39, 0.29) is 23.3 Å². The van der Waals surface area contributed by atoms with Gasteiger partial charge in [0.05, 0.1) is 21.8 Å². The largest absolute Gasteiger partial charge is 0.469 e. The van der Waals surface area contributed by atoms with Gasteiger partial charge in [-0.15, -0.1) is 0 Å². The highest BCUT2D eigenvalue weighted by molar-refractivity contribution is 8.18. The number of thioether (sulfide) groups is 1. The van der Waals surface area contributed by atoms with Crippen molar-refractivity contribution >= 4 is 45.0 Å². The number of anilines is 1. The van der Waals surface area contributed by atoms with E-state index in [2.05, 4.69) is 15.3 Å². The van der Waals surface area contributed by atoms with Crippen LogP contribution in [0.2, 0.25) is 0 Å². The second-order valence-corrected chi connectivity index (χ2v) is 12.2. The van der Waals surface area contributed by atoms with Crippen LogP contribution in [0.3, 0.4) is 0 Å². The number of benzene rings is 1. The van der Waals surface area contributed by atoms with Crippen molar-refractivity contribution in [1.82, 2.24) is 19.6 Å². The molecule has 196 valence electrons. The number of nitrogens with zero attached hydrogens (tertiary/aromatic N) is 4. The van der Waals surface area contributed by atoms with E-state index in [0.717, 1.165) is 11.8 Å². The Labute approximate surface area is 222 Å². The predicted molar refractivity (Wildman–Crippen MR) is 139 cm³/mol. The Bertz CT molecular complexity index is 1500. The second kappa shape index (κ2) is 9.89. The molecular weight excluding hydrogens is 530 g/mol. The number of imide groups is 1. The molecular formula is C25H23N5O6S2. The lowest BCUT2D eigenvalue weighted by Gasteiger charge is -2.22. The Morgan fingerprint density at radius 3 is 2.47 bits per heavy atom. The fraction of sp³-hybridized carbons (Fsp3) is 0.280. The lowest BCUT2D eigenvalue weighted by Crippen LogP contribution is -2.33. The summed E-state index contributed by atoms with van der Waals surface area (Å²) in [6.45, 7) is 2.16. The molecule has 0 radical (unpaired) electrons. The zero-order valence-corrected chi connectivity index (χ0v) is 21.7. The molecule has 0 bridgehead atoms. The minimum Gasteiger partial charge on any atom is -0.469 e. The van der Waals surface area contributed by atoms with Crippen LogP contribution in [0, 0.1) is 11.8 Å². The molecule has 2 unspecified atom stereocenters. The number of furan rings is 1. The van der Waals surface area contributed by atoms with Crippen molar-refractivity contribution in [3.8, 4) is 5.88 Å². The first-order valence-electron chi connectivity index (χ1n) is 11.9. The number of hydrogen-bond acceptors (Lipinski definition) is 10. The van der Waals surface area contributed by atoms with Gasteiger partial charge in [0.15, 0.2) is 0 Å². The highest BCUT2D eigenvalue weighted by Gasteiger charge is 2.45. The summed E-state index contributed by atoms with van der Waals surface area (Å²) in [5.74, 6) is 1.10. The molecule has 3 aliphatic rings. The van der Waals surface area contributed by atoms with Crippen LogP contribution in [0.15, 0.2) is 69.0 Å². The fourth-order valence-electron chi connectivity index (χ4n) is 4.87. The molecule has 2 amide bonds. The van der Waals surface area contributed by atoms with E-state index in [4.69, 9.17) is 9.15 Å². The lowest BCUT2D eigenvalue weighted by molar-refractivity contribution is -0.115. The first-order valence-corrected chi connectivity index (χ1v) is 14.2. The van der Waals surface area contributed by atoms with E-state index in [1.54, 1.807) is 59.1 Å². The maximum Gasteiger partial charge on any atom is 0.290 e. The van der Waals surface area contributed by atoms with Gasteiger partial charge in [-0.05, 0) is 53.9 Å². The van der Waals surface area contributed by atoms with Crippen molar-refractivity contribution in [2.45, 2.75) is 11.5 Å². The first-order chi connectivity index (χ1) is 18.3. The number of nitrogens with one attached hydrogen (secondary N) is 1. The van der Waals surface area contributed by atoms with Crippen molar-refractivity contribution in [3.05, 3.63) is 71.2 Å². The van der Waals surface area contributed by atoms with Crippen molar-refractivity contribution < 1.29 is 27.2 Å². The molecule has 11 nitrogen and oxygen atoms in total. The lowest BCUT2D eigenvalue weighted by atomic mass is 10.0. The Hall–Kier alpha value is -3.68. The SMILES string of the molecule is O=C1NC(=O)/C(=C\c2cc(OCc3ccco3)nc(N3CC4CN(S(=O)(=O)c5ccccc5)CC4C3)n2)S1. The highest BCUT2D eigenvalue weighted by Crippen LogP contribution is 2.36. The Kier molecular flexibility index (Phi) is 6.41. The average molecular weight is 554 g/mol. The summed E-state index contributed by atoms with van der Waals surface area (Å²) in [4.78, 5) is 35.4. The fourth-order valence-corrected chi connectivity index (χ4v) is 7.11. The van der Waals surface area contributed by atoms with E-state index in [9.17, 15) is 18.0 Å². The molecule has 0 spiro atoms. The number of hydrogen-bond donors (Lipinski definition) is 1. The predicted octanol–water partition coefficient (Wildman–Crippen LogP) is 2.73. The van der Waals surface area contributed by atoms with Gasteiger partial charge in [-0.2, -0.15) is 9.29 Å². The summed E-state index contributed by atoms with van der Waals surface area (Å²) >= 11 is 0.807. The Balaban J connectivity index is 1.22. The number of carbonyl (C=O) groups excluding carboxylic acids is 2. The number of amides is 2. The van der Waals surface area contributed by atoms with Crippen LogP contribution in [-0.2, 0) is 21.4 Å². The van der Waals surface area contributed by atoms with E-state index >= 15 is 0 Å². The summed E-state index contributed by atoms with van der Waals surface area (Å²) in [7, 11) is -3.55. The molecule has 3 aliphatic heterocycles. The van der Waals surface area contributed by atoms with Crippen molar-refractivity contribution in [2.24, 2.45) is 11.8 Å². The normalized spacial score (nSPS) is 22.7. The van der Waals surface area contributed by atoms with Gasteiger partial charge in [-0.25, -0.2) is 13.4 Å². The topological polar surface area (TPSA) is 135 Å². The van der Waals surface area contributed by atoms with Crippen LogP contribution in [-0.4, -0.2) is 60.0 Å². The second-order valence-electron chi connectivity index (χ2n) is 9.21. The highest BCUT2D eigenvalue weighted by atomic mass is 32.2. The quantitative estimate of drug-likeness (QED) is 0.435. The number of carbonyl (C=O) groups is 2. The summed E-state index contributed by atoms with van der Waals surface area (Å²) in [6, 6.07) is 13.6. The molecule has 3 saturated heterocycles. The molecule has 6 rings (SSSR count). The van der Waals surface area contributed by atoms with Gasteiger partial charge < -0.3 is 14.1 Å². The molecule has 3 aromatic rings. The Morgan fingerprint density at radius 1 is 1.05 bits per heavy atom. The number of sulfonamides is 1. The van der Waals surface area contributed by atoms with Gasteiger partial charge in [0, 0.05) is 32.2 Å². The molecule has 0 aliphatic carbocycles. The van der Waals surface area contributed by atoms with Gasteiger partial charge in [0.1, 0.15) is 12.4 Å². The molecule has 2 aromatic heterocycles. The zero-order chi connectivity index (χ0) is 26.3. The summed E-state index contributed by atoms with van der Waals surface area (Å²) in [5, 5.41) is 1.80. The molecule has 13 heteroatoms. The van der Waals surface area contributed by atoms with Gasteiger partial charge >= 0.3 is 0 Å². The van der Waals surface area contributed by atoms with Crippen molar-refractivity contribution in [2.75, 3.05) is 31.1 Å². The number of fused-ring (bicyclic) bond motifs is 1. The van der Waals surface area contributed by atoms with Crippen molar-refractivity contribution in [3.63, 3.8) is 0 Å². The molecule has 1 N–H and O–H groups in total. The summed E-state index contributed by atoms with van der Waals surface area (Å²) in [5.41, 5.74) is 0.419. The maximum absolute atomic E-state index is 13.1. The van der Waals surface area contributed by atoms with Crippen LogP contribution in [0.1, 0.15) is 11.5 Å². The number of rotatable bonds is 7. The summed E-state index contributed by atoms with van der Waals surface area (Å²) < 4.78 is 38.9. The van der Waals surface area contributed by atoms with Gasteiger partial charge in [0.2, 0.25) is 21.9 Å². The minimum atomic E-state index is -3.55. The van der Waals surface area contributed by atoms with Gasteiger partial charge in [-0.1, -0.05) is 18.2 Å². The van der Waals surface area contributed by atoms with Crippen LogP contribution < -0.4 is 15.0 Å². The standard InChI is InChI=1S/C25H23N5O6S2/c31-23-21(37-25(32)28-23)9-18-10-22(36-15-19-5-4-8-35-19)27-24(26-18)29-11-16-13-30(14-17(16)12-29)38(33,34)20-6-2-1-3-7-20/h1-10,16-17H,11-15H2,(H,28,31,32)/b21-9+. The molecule has 38 heavy (non-hydrogen) atoms. The molecule has 1 aromatic carbocycles. The minimum absolute atomic E-state index is 0.125. The maximum atomic E-state index is 13.1. The van der Waals surface area contributed by atoms with Gasteiger partial charge in [-0.3, -0.25) is 14.9 Å². The van der Waals surface area contributed by atoms with Crippen LogP contribution in [0.5, 0.6) is 5.88 Å². The van der Waals surface area contributed by atoms with Crippen LogP contribution in [0.25, 0.3) is 6.08 Å². The molecule has 0 saturated carbocycles. The Morgan fingerprint density at radius 2 is 1.82 bits per heavy atom. The molecule has 5 heterocycles. The third-order valence-corrected chi connectivity index (χ3v) is 9.35. The smallest absolute Gasteiger partial charge is 0.290 e. The van der Waals surface area contributed by atoms with Crippen molar-refractivity contribution in [1.29, 1.82) is 0 Å². The van der Waals surface area contributed by atoms with Gasteiger partial charge in [0.25, 0.3) is 11.1 Å². The molecule has 2 atom stereocenters. The number of ether oxygens (including phenoxy) is 1. The first kappa shape index (κ1) is 24.6. The van der Waals surface area contributed by atoms with E-state index in [0.29, 0.717) is 54.4 Å². The molecule has 3 fully saturated rings. The monoisotopic (exact) mass is 553 g/mol. The third-order valence-electron chi connectivity index (χ3n) is 6.69. The van der Waals surface area contributed by atoms with Crippen LogP contribution in [0.4, 0.5) is 10.7 Å². The van der Waals surface area contributed by atoms with E-state index in [1.807, 2.05) is 4.90 Å². The number of aromatic nitrogens is 2.